The van der Waals surface area contributed by atoms with Crippen molar-refractivity contribution in [1.29, 1.82) is 0 Å². The first-order chi connectivity index (χ1) is 9.21. The summed E-state index contributed by atoms with van der Waals surface area (Å²) >= 11 is 0. The van der Waals surface area contributed by atoms with E-state index < -0.39 is 5.60 Å². The molecule has 0 spiro atoms. The molecule has 2 fully saturated rings. The average molecular weight is 266 g/mol. The first kappa shape index (κ1) is 12.9. The van der Waals surface area contributed by atoms with Crippen LogP contribution in [0.2, 0.25) is 0 Å². The summed E-state index contributed by atoms with van der Waals surface area (Å²) in [7, 11) is 1.85. The van der Waals surface area contributed by atoms with Gasteiger partial charge in [0.1, 0.15) is 0 Å². The molecule has 1 saturated carbocycles. The average Bonchev–Trinajstić information content (AvgIpc) is 2.87. The van der Waals surface area contributed by atoms with Crippen molar-refractivity contribution in [3.8, 4) is 0 Å². The lowest BCUT2D eigenvalue weighted by Gasteiger charge is -2.46. The molecule has 0 radical (unpaired) electrons. The first-order valence-corrected chi connectivity index (χ1v) is 7.15. The first-order valence-electron chi connectivity index (χ1n) is 7.15. The molecule has 0 bridgehead atoms. The standard InChI is InChI=1S/C13H22N4O2/c1-14-8-11-15-16-12(19-11)17-7-6-13(18)5-3-2-4-10(13)9-17/h10,14,18H,2-9H2,1H3. The molecular weight excluding hydrogens is 244 g/mol. The Morgan fingerprint density at radius 2 is 2.32 bits per heavy atom. The van der Waals surface area contributed by atoms with E-state index >= 15 is 0 Å². The highest BCUT2D eigenvalue weighted by Crippen LogP contribution is 2.40. The molecule has 2 aliphatic rings. The molecule has 6 heteroatoms. The Bertz CT molecular complexity index is 436. The monoisotopic (exact) mass is 266 g/mol. The van der Waals surface area contributed by atoms with Gasteiger partial charge >= 0.3 is 6.01 Å². The van der Waals surface area contributed by atoms with Crippen LogP contribution in [0.1, 0.15) is 38.0 Å². The number of anilines is 1. The lowest BCUT2D eigenvalue weighted by Crippen LogP contribution is -2.53. The number of nitrogens with one attached hydrogen (secondary N) is 1. The van der Waals surface area contributed by atoms with Crippen molar-refractivity contribution in [2.45, 2.75) is 44.2 Å². The zero-order valence-corrected chi connectivity index (χ0v) is 11.4. The van der Waals surface area contributed by atoms with Crippen LogP contribution >= 0.6 is 0 Å². The molecule has 1 aromatic rings. The Morgan fingerprint density at radius 1 is 1.42 bits per heavy atom. The lowest BCUT2D eigenvalue weighted by molar-refractivity contribution is -0.0619. The second-order valence-electron chi connectivity index (χ2n) is 5.75. The third-order valence-electron chi connectivity index (χ3n) is 4.48. The Labute approximate surface area is 113 Å². The van der Waals surface area contributed by atoms with Gasteiger partial charge < -0.3 is 19.7 Å². The van der Waals surface area contributed by atoms with Gasteiger partial charge in [0, 0.05) is 19.0 Å². The number of aliphatic hydroxyl groups is 1. The number of rotatable bonds is 3. The van der Waals surface area contributed by atoms with E-state index in [4.69, 9.17) is 4.42 Å². The molecule has 1 aliphatic carbocycles. The molecular formula is C13H22N4O2. The second-order valence-corrected chi connectivity index (χ2v) is 5.75. The van der Waals surface area contributed by atoms with Gasteiger partial charge in [0.25, 0.3) is 0 Å². The Hall–Kier alpha value is -1.14. The molecule has 6 nitrogen and oxygen atoms in total. The molecule has 2 atom stereocenters. The van der Waals surface area contributed by atoms with Gasteiger partial charge in [-0.2, -0.15) is 0 Å². The summed E-state index contributed by atoms with van der Waals surface area (Å²) in [6.07, 6.45) is 5.22. The van der Waals surface area contributed by atoms with Gasteiger partial charge in [-0.15, -0.1) is 5.10 Å². The number of hydrogen-bond acceptors (Lipinski definition) is 6. The number of fused-ring (bicyclic) bond motifs is 1. The minimum absolute atomic E-state index is 0.342. The largest absolute Gasteiger partial charge is 0.407 e. The van der Waals surface area contributed by atoms with E-state index in [1.165, 1.54) is 6.42 Å². The van der Waals surface area contributed by atoms with E-state index in [9.17, 15) is 5.11 Å². The molecule has 1 saturated heterocycles. The van der Waals surface area contributed by atoms with Crippen molar-refractivity contribution in [2.75, 3.05) is 25.0 Å². The molecule has 2 N–H and O–H groups in total. The summed E-state index contributed by atoms with van der Waals surface area (Å²) in [6.45, 7) is 2.22. The van der Waals surface area contributed by atoms with E-state index in [0.717, 1.165) is 38.8 Å². The highest BCUT2D eigenvalue weighted by atomic mass is 16.4. The summed E-state index contributed by atoms with van der Waals surface area (Å²) in [6, 6.07) is 0.595. The summed E-state index contributed by atoms with van der Waals surface area (Å²) in [5.74, 6) is 0.955. The number of hydrogen-bond donors (Lipinski definition) is 2. The van der Waals surface area contributed by atoms with Crippen LogP contribution in [0.5, 0.6) is 0 Å². The molecule has 0 amide bonds. The van der Waals surface area contributed by atoms with Crippen LogP contribution in [0.15, 0.2) is 4.42 Å². The molecule has 106 valence electrons. The van der Waals surface area contributed by atoms with Gasteiger partial charge in [-0.05, 0) is 26.3 Å². The topological polar surface area (TPSA) is 74.4 Å². The molecule has 3 rings (SSSR count). The minimum Gasteiger partial charge on any atom is -0.407 e. The predicted octanol–water partition coefficient (Wildman–Crippen LogP) is 0.920. The molecule has 1 aliphatic heterocycles. The van der Waals surface area contributed by atoms with E-state index in [0.29, 0.717) is 24.4 Å². The normalized spacial score (nSPS) is 31.3. The van der Waals surface area contributed by atoms with Crippen LogP contribution in [0.25, 0.3) is 0 Å². The lowest BCUT2D eigenvalue weighted by atomic mass is 9.71. The maximum absolute atomic E-state index is 10.6. The van der Waals surface area contributed by atoms with Crippen molar-refractivity contribution in [3.63, 3.8) is 0 Å². The number of nitrogens with zero attached hydrogens (tertiary/aromatic N) is 3. The zero-order valence-electron chi connectivity index (χ0n) is 11.4. The van der Waals surface area contributed by atoms with Crippen LogP contribution in [0.4, 0.5) is 6.01 Å². The maximum atomic E-state index is 10.6. The highest BCUT2D eigenvalue weighted by Gasteiger charge is 2.43. The predicted molar refractivity (Wildman–Crippen MR) is 70.8 cm³/mol. The van der Waals surface area contributed by atoms with Gasteiger partial charge in [-0.25, -0.2) is 0 Å². The van der Waals surface area contributed by atoms with Crippen molar-refractivity contribution in [1.82, 2.24) is 15.5 Å². The van der Waals surface area contributed by atoms with E-state index in [-0.39, 0.29) is 0 Å². The highest BCUT2D eigenvalue weighted by molar-refractivity contribution is 5.27. The SMILES string of the molecule is CNCc1nnc(N2CCC3(O)CCCCC3C2)o1. The zero-order chi connectivity index (χ0) is 13.3. The molecule has 0 aromatic carbocycles. The van der Waals surface area contributed by atoms with Gasteiger partial charge in [0.15, 0.2) is 0 Å². The van der Waals surface area contributed by atoms with Crippen LogP contribution < -0.4 is 10.2 Å². The van der Waals surface area contributed by atoms with Gasteiger partial charge in [0.05, 0.1) is 12.1 Å². The Kier molecular flexibility index (Phi) is 3.45. The summed E-state index contributed by atoms with van der Waals surface area (Å²) in [4.78, 5) is 2.12. The molecule has 19 heavy (non-hydrogen) atoms. The third kappa shape index (κ3) is 2.47. The van der Waals surface area contributed by atoms with Gasteiger partial charge in [0.2, 0.25) is 5.89 Å². The van der Waals surface area contributed by atoms with Crippen molar-refractivity contribution in [2.24, 2.45) is 5.92 Å². The van der Waals surface area contributed by atoms with Crippen LogP contribution in [-0.4, -0.2) is 41.0 Å². The fraction of sp³-hybridized carbons (Fsp3) is 0.846. The molecule has 2 heterocycles. The fourth-order valence-electron chi connectivity index (χ4n) is 3.34. The van der Waals surface area contributed by atoms with Crippen LogP contribution in [0, 0.1) is 5.92 Å². The maximum Gasteiger partial charge on any atom is 0.318 e. The van der Waals surface area contributed by atoms with E-state index in [2.05, 4.69) is 20.4 Å². The van der Waals surface area contributed by atoms with Crippen LogP contribution in [-0.2, 0) is 6.54 Å². The van der Waals surface area contributed by atoms with Crippen molar-refractivity contribution >= 4 is 6.01 Å². The third-order valence-corrected chi connectivity index (χ3v) is 4.48. The number of aromatic nitrogens is 2. The second kappa shape index (κ2) is 5.09. The minimum atomic E-state index is -0.456. The van der Waals surface area contributed by atoms with E-state index in [1.54, 1.807) is 0 Å². The van der Waals surface area contributed by atoms with Crippen molar-refractivity contribution < 1.29 is 9.52 Å². The van der Waals surface area contributed by atoms with Crippen molar-refractivity contribution in [3.05, 3.63) is 5.89 Å². The molecule has 1 aromatic heterocycles. The Morgan fingerprint density at radius 3 is 3.16 bits per heavy atom. The molecule has 2 unspecified atom stereocenters. The van der Waals surface area contributed by atoms with Gasteiger partial charge in [-0.1, -0.05) is 17.9 Å². The fourth-order valence-corrected chi connectivity index (χ4v) is 3.34. The summed E-state index contributed by atoms with van der Waals surface area (Å²) in [5.41, 5.74) is -0.456. The van der Waals surface area contributed by atoms with E-state index in [1.807, 2.05) is 7.05 Å². The number of piperidine rings is 1. The smallest absolute Gasteiger partial charge is 0.318 e. The Balaban J connectivity index is 1.69. The van der Waals surface area contributed by atoms with Crippen LogP contribution in [0.3, 0.4) is 0 Å². The summed E-state index contributed by atoms with van der Waals surface area (Å²) in [5, 5.41) is 21.8. The summed E-state index contributed by atoms with van der Waals surface area (Å²) < 4.78 is 5.64. The van der Waals surface area contributed by atoms with Gasteiger partial charge in [-0.3, -0.25) is 0 Å². The quantitative estimate of drug-likeness (QED) is 0.847.